The van der Waals surface area contributed by atoms with Gasteiger partial charge in [0.2, 0.25) is 0 Å². The minimum atomic E-state index is -0.671. The van der Waals surface area contributed by atoms with Gasteiger partial charge >= 0.3 is 11.8 Å². The van der Waals surface area contributed by atoms with Crippen LogP contribution in [-0.2, 0) is 20.7 Å². The molecule has 1 aliphatic heterocycles. The highest BCUT2D eigenvalue weighted by atomic mass is 16.5. The third-order valence-electron chi connectivity index (χ3n) is 4.57. The molecule has 3 rings (SSSR count). The highest BCUT2D eigenvalue weighted by molar-refractivity contribution is 6.39. The number of morpholine rings is 1. The van der Waals surface area contributed by atoms with E-state index in [1.54, 1.807) is 13.2 Å². The molecule has 28 heavy (non-hydrogen) atoms. The van der Waals surface area contributed by atoms with E-state index in [0.717, 1.165) is 30.1 Å². The van der Waals surface area contributed by atoms with E-state index in [0.29, 0.717) is 31.9 Å². The Morgan fingerprint density at radius 2 is 1.75 bits per heavy atom. The van der Waals surface area contributed by atoms with Gasteiger partial charge in [-0.1, -0.05) is 24.3 Å². The first-order chi connectivity index (χ1) is 13.7. The summed E-state index contributed by atoms with van der Waals surface area (Å²) >= 11 is 0. The van der Waals surface area contributed by atoms with Crippen LogP contribution in [0.3, 0.4) is 0 Å². The molecule has 1 fully saturated rings. The summed E-state index contributed by atoms with van der Waals surface area (Å²) < 4.78 is 10.5. The largest absolute Gasteiger partial charge is 0.497 e. The normalized spacial score (nSPS) is 13.7. The van der Waals surface area contributed by atoms with Crippen molar-refractivity contribution in [2.45, 2.75) is 6.42 Å². The smallest absolute Gasteiger partial charge is 0.313 e. The van der Waals surface area contributed by atoms with Gasteiger partial charge in [-0.3, -0.25) is 9.59 Å². The fourth-order valence-corrected chi connectivity index (χ4v) is 3.03. The second kappa shape index (κ2) is 9.75. The molecule has 2 aromatic rings. The molecule has 7 nitrogen and oxygen atoms in total. The Balaban J connectivity index is 1.52. The molecule has 7 heteroatoms. The highest BCUT2D eigenvalue weighted by Crippen LogP contribution is 2.26. The molecule has 0 aromatic heterocycles. The van der Waals surface area contributed by atoms with E-state index in [9.17, 15) is 9.59 Å². The number of benzene rings is 2. The summed E-state index contributed by atoms with van der Waals surface area (Å²) in [5.41, 5.74) is 2.57. The first-order valence-electron chi connectivity index (χ1n) is 9.31. The Morgan fingerprint density at radius 1 is 1.04 bits per heavy atom. The zero-order valence-corrected chi connectivity index (χ0v) is 15.9. The van der Waals surface area contributed by atoms with E-state index in [2.05, 4.69) is 15.5 Å². The first-order valence-corrected chi connectivity index (χ1v) is 9.31. The number of hydrogen-bond donors (Lipinski definition) is 2. The molecule has 0 unspecified atom stereocenters. The fraction of sp³-hybridized carbons (Fsp3) is 0.333. The quantitative estimate of drug-likeness (QED) is 0.744. The van der Waals surface area contributed by atoms with Crippen LogP contribution in [0, 0.1) is 0 Å². The molecule has 1 heterocycles. The number of amides is 2. The summed E-state index contributed by atoms with van der Waals surface area (Å²) in [6, 6.07) is 15.1. The minimum absolute atomic E-state index is 0.379. The van der Waals surface area contributed by atoms with Crippen LogP contribution >= 0.6 is 0 Å². The van der Waals surface area contributed by atoms with Crippen molar-refractivity contribution in [2.75, 3.05) is 50.2 Å². The van der Waals surface area contributed by atoms with Gasteiger partial charge in [0.05, 0.1) is 31.7 Å². The molecule has 2 N–H and O–H groups in total. The molecular formula is C21H25N3O4. The Bertz CT molecular complexity index is 802. The van der Waals surface area contributed by atoms with Crippen LogP contribution in [0.15, 0.2) is 48.5 Å². The lowest BCUT2D eigenvalue weighted by atomic mass is 10.1. The number of nitrogens with one attached hydrogen (secondary N) is 2. The molecule has 2 aromatic carbocycles. The van der Waals surface area contributed by atoms with Gasteiger partial charge in [-0.25, -0.2) is 0 Å². The second-order valence-corrected chi connectivity index (χ2v) is 6.42. The molecule has 0 bridgehead atoms. The summed E-state index contributed by atoms with van der Waals surface area (Å²) in [4.78, 5) is 26.6. The fourth-order valence-electron chi connectivity index (χ4n) is 3.03. The molecule has 1 aliphatic rings. The standard InChI is InChI=1S/C21H25N3O4/c1-27-17-8-6-16(7-9-17)10-11-22-20(25)21(26)23-18-4-2-3-5-19(18)24-12-14-28-15-13-24/h2-9H,10-15H2,1H3,(H,22,25)(H,23,26). The van der Waals surface area contributed by atoms with Crippen LogP contribution in [0.1, 0.15) is 5.56 Å². The predicted octanol–water partition coefficient (Wildman–Crippen LogP) is 1.83. The van der Waals surface area contributed by atoms with Crippen LogP contribution in [0.5, 0.6) is 5.75 Å². The van der Waals surface area contributed by atoms with Crippen molar-refractivity contribution in [3.8, 4) is 5.75 Å². The van der Waals surface area contributed by atoms with E-state index in [1.807, 2.05) is 42.5 Å². The minimum Gasteiger partial charge on any atom is -0.497 e. The monoisotopic (exact) mass is 383 g/mol. The lowest BCUT2D eigenvalue weighted by Gasteiger charge is -2.30. The van der Waals surface area contributed by atoms with E-state index < -0.39 is 11.8 Å². The van der Waals surface area contributed by atoms with E-state index in [-0.39, 0.29) is 0 Å². The van der Waals surface area contributed by atoms with E-state index in [4.69, 9.17) is 9.47 Å². The zero-order valence-electron chi connectivity index (χ0n) is 15.9. The number of carbonyl (C=O) groups is 2. The number of nitrogens with zero attached hydrogens (tertiary/aromatic N) is 1. The van der Waals surface area contributed by atoms with Gasteiger partial charge in [0.1, 0.15) is 5.75 Å². The third-order valence-corrected chi connectivity index (χ3v) is 4.57. The molecule has 148 valence electrons. The van der Waals surface area contributed by atoms with Crippen LogP contribution in [-0.4, -0.2) is 51.8 Å². The van der Waals surface area contributed by atoms with Gasteiger partial charge in [-0.05, 0) is 36.2 Å². The Hall–Kier alpha value is -3.06. The topological polar surface area (TPSA) is 79.9 Å². The van der Waals surface area contributed by atoms with Crippen molar-refractivity contribution in [1.29, 1.82) is 0 Å². The van der Waals surface area contributed by atoms with Crippen LogP contribution in [0.4, 0.5) is 11.4 Å². The van der Waals surface area contributed by atoms with Gasteiger partial charge in [0.25, 0.3) is 0 Å². The van der Waals surface area contributed by atoms with Crippen LogP contribution in [0.2, 0.25) is 0 Å². The maximum atomic E-state index is 12.3. The SMILES string of the molecule is COc1ccc(CCNC(=O)C(=O)Nc2ccccc2N2CCOCC2)cc1. The van der Waals surface area contributed by atoms with E-state index >= 15 is 0 Å². The summed E-state index contributed by atoms with van der Waals surface area (Å²) in [5.74, 6) is -0.535. The molecule has 0 spiro atoms. The number of rotatable bonds is 6. The van der Waals surface area contributed by atoms with Crippen molar-refractivity contribution in [2.24, 2.45) is 0 Å². The zero-order chi connectivity index (χ0) is 19.8. The maximum Gasteiger partial charge on any atom is 0.313 e. The summed E-state index contributed by atoms with van der Waals surface area (Å²) in [7, 11) is 1.62. The van der Waals surface area contributed by atoms with Crippen molar-refractivity contribution in [3.63, 3.8) is 0 Å². The lowest BCUT2D eigenvalue weighted by molar-refractivity contribution is -0.136. The molecule has 0 saturated carbocycles. The van der Waals surface area contributed by atoms with Crippen LogP contribution in [0.25, 0.3) is 0 Å². The lowest BCUT2D eigenvalue weighted by Crippen LogP contribution is -2.38. The number of para-hydroxylation sites is 2. The highest BCUT2D eigenvalue weighted by Gasteiger charge is 2.18. The first kappa shape index (κ1) is 19.7. The van der Waals surface area contributed by atoms with Gasteiger partial charge in [-0.2, -0.15) is 0 Å². The number of anilines is 2. The van der Waals surface area contributed by atoms with Gasteiger partial charge in [0, 0.05) is 19.6 Å². The summed E-state index contributed by atoms with van der Waals surface area (Å²) in [6.07, 6.45) is 0.632. The third kappa shape index (κ3) is 5.23. The average Bonchev–Trinajstić information content (AvgIpc) is 2.75. The van der Waals surface area contributed by atoms with Crippen molar-refractivity contribution in [3.05, 3.63) is 54.1 Å². The number of ether oxygens (including phenoxy) is 2. The molecule has 0 atom stereocenters. The Kier molecular flexibility index (Phi) is 6.86. The Morgan fingerprint density at radius 3 is 2.46 bits per heavy atom. The molecule has 2 amide bonds. The molecule has 1 saturated heterocycles. The van der Waals surface area contributed by atoms with E-state index in [1.165, 1.54) is 0 Å². The van der Waals surface area contributed by atoms with Crippen molar-refractivity contribution in [1.82, 2.24) is 5.32 Å². The second-order valence-electron chi connectivity index (χ2n) is 6.42. The summed E-state index contributed by atoms with van der Waals surface area (Å²) in [6.45, 7) is 3.17. The van der Waals surface area contributed by atoms with Crippen LogP contribution < -0.4 is 20.3 Å². The van der Waals surface area contributed by atoms with Gasteiger partial charge < -0.3 is 25.0 Å². The van der Waals surface area contributed by atoms with Crippen molar-refractivity contribution >= 4 is 23.2 Å². The van der Waals surface area contributed by atoms with Gasteiger partial charge in [0.15, 0.2) is 0 Å². The molecule has 0 aliphatic carbocycles. The predicted molar refractivity (Wildman–Crippen MR) is 108 cm³/mol. The molecular weight excluding hydrogens is 358 g/mol. The molecule has 0 radical (unpaired) electrons. The van der Waals surface area contributed by atoms with Gasteiger partial charge in [-0.15, -0.1) is 0 Å². The number of carbonyl (C=O) groups excluding carboxylic acids is 2. The number of methoxy groups -OCH3 is 1. The average molecular weight is 383 g/mol. The maximum absolute atomic E-state index is 12.3. The summed E-state index contributed by atoms with van der Waals surface area (Å²) in [5, 5.41) is 5.38. The Labute approximate surface area is 164 Å². The number of hydrogen-bond acceptors (Lipinski definition) is 5. The van der Waals surface area contributed by atoms with Crippen molar-refractivity contribution < 1.29 is 19.1 Å².